The molecule has 0 atom stereocenters. The largest absolute Gasteiger partial charge is 0.465 e. The number of nitrogens with one attached hydrogen (secondary N) is 2. The second-order valence-electron chi connectivity index (χ2n) is 6.10. The van der Waals surface area contributed by atoms with Gasteiger partial charge in [0.1, 0.15) is 5.69 Å². The molecule has 10 nitrogen and oxygen atoms in total. The summed E-state index contributed by atoms with van der Waals surface area (Å²) in [6.45, 7) is 0. The first kappa shape index (κ1) is 21.0. The Bertz CT molecular complexity index is 1470. The number of benzene rings is 2. The van der Waals surface area contributed by atoms with E-state index in [1.165, 1.54) is 24.3 Å². The Hall–Kier alpha value is -3.28. The number of halogens is 2. The van der Waals surface area contributed by atoms with Gasteiger partial charge in [-0.3, -0.25) is 4.98 Å². The topological polar surface area (TPSA) is 144 Å². The van der Waals surface area contributed by atoms with Crippen LogP contribution in [-0.2, 0) is 14.8 Å². The van der Waals surface area contributed by atoms with Crippen molar-refractivity contribution in [3.05, 3.63) is 62.6 Å². The zero-order valence-electron chi connectivity index (χ0n) is 15.4. The van der Waals surface area contributed by atoms with Crippen molar-refractivity contribution in [2.45, 2.75) is 4.90 Å². The fourth-order valence-electron chi connectivity index (χ4n) is 2.82. The quantitative estimate of drug-likeness (QED) is 0.409. The van der Waals surface area contributed by atoms with Crippen molar-refractivity contribution in [1.29, 1.82) is 0 Å². The van der Waals surface area contributed by atoms with Crippen LogP contribution < -0.4 is 10.5 Å². The van der Waals surface area contributed by atoms with E-state index >= 15 is 0 Å². The molecule has 0 fully saturated rings. The summed E-state index contributed by atoms with van der Waals surface area (Å²) >= 11 is 12.4. The number of aromatic nitrogens is 2. The standard InChI is InChI=1S/C18H11Cl2N3O7S/c1-28-17(24)14-15(13-9(19)3-2-4-10(13)20)22-30-16(14)23-31(26,27)8-5-6-11-12(7-8)29-18(25)21-11/h2-7,23H,1H3,(H,21,25). The SMILES string of the molecule is COC(=O)c1c(-c2c(Cl)cccc2Cl)noc1NS(=O)(=O)c1ccc2[nH]c(=O)oc2c1. The molecule has 160 valence electrons. The summed E-state index contributed by atoms with van der Waals surface area (Å²) in [7, 11) is -3.18. The number of rotatable bonds is 5. The van der Waals surface area contributed by atoms with Gasteiger partial charge in [-0.05, 0) is 24.3 Å². The fraction of sp³-hybridized carbons (Fsp3) is 0.0556. The summed E-state index contributed by atoms with van der Waals surface area (Å²) in [5, 5.41) is 4.09. The van der Waals surface area contributed by atoms with Gasteiger partial charge in [0.15, 0.2) is 11.1 Å². The van der Waals surface area contributed by atoms with Gasteiger partial charge >= 0.3 is 11.7 Å². The van der Waals surface area contributed by atoms with Gasteiger partial charge < -0.3 is 13.7 Å². The summed E-state index contributed by atoms with van der Waals surface area (Å²) in [6.07, 6.45) is 0. The summed E-state index contributed by atoms with van der Waals surface area (Å²) < 4.78 is 42.6. The highest BCUT2D eigenvalue weighted by molar-refractivity contribution is 7.92. The average Bonchev–Trinajstić information content (AvgIpc) is 3.28. The Kier molecular flexibility index (Phi) is 5.25. The Morgan fingerprint density at radius 2 is 1.90 bits per heavy atom. The minimum atomic E-state index is -4.28. The lowest BCUT2D eigenvalue weighted by Gasteiger charge is -2.08. The lowest BCUT2D eigenvalue weighted by atomic mass is 10.1. The van der Waals surface area contributed by atoms with Crippen molar-refractivity contribution in [1.82, 2.24) is 10.1 Å². The monoisotopic (exact) mass is 483 g/mol. The van der Waals surface area contributed by atoms with Crippen LogP contribution in [0.4, 0.5) is 5.88 Å². The Labute approximate surface area is 183 Å². The van der Waals surface area contributed by atoms with Crippen LogP contribution in [0.1, 0.15) is 10.4 Å². The van der Waals surface area contributed by atoms with Crippen LogP contribution in [0.5, 0.6) is 0 Å². The summed E-state index contributed by atoms with van der Waals surface area (Å²) in [5.74, 6) is -2.17. The number of carbonyl (C=O) groups excluding carboxylic acids is 1. The molecule has 4 aromatic rings. The predicted octanol–water partition coefficient (Wildman–Crippen LogP) is 3.67. The zero-order valence-corrected chi connectivity index (χ0v) is 17.8. The highest BCUT2D eigenvalue weighted by Gasteiger charge is 2.30. The van der Waals surface area contributed by atoms with Crippen molar-refractivity contribution in [3.63, 3.8) is 0 Å². The number of sulfonamides is 1. The Morgan fingerprint density at radius 1 is 1.19 bits per heavy atom. The van der Waals surface area contributed by atoms with E-state index in [0.717, 1.165) is 13.2 Å². The molecule has 0 spiro atoms. The molecule has 0 aliphatic rings. The molecule has 0 saturated heterocycles. The van der Waals surface area contributed by atoms with Crippen LogP contribution in [0, 0.1) is 0 Å². The number of anilines is 1. The van der Waals surface area contributed by atoms with Gasteiger partial charge in [0.05, 0.1) is 27.6 Å². The molecule has 0 amide bonds. The van der Waals surface area contributed by atoms with Crippen molar-refractivity contribution in [2.75, 3.05) is 11.8 Å². The highest BCUT2D eigenvalue weighted by Crippen LogP contribution is 2.39. The van der Waals surface area contributed by atoms with E-state index in [-0.39, 0.29) is 37.3 Å². The fourth-order valence-corrected chi connectivity index (χ4v) is 4.41. The number of hydrogen-bond acceptors (Lipinski definition) is 8. The maximum atomic E-state index is 12.9. The predicted molar refractivity (Wildman–Crippen MR) is 111 cm³/mol. The van der Waals surface area contributed by atoms with Crippen LogP contribution in [0.25, 0.3) is 22.4 Å². The Morgan fingerprint density at radius 3 is 2.58 bits per heavy atom. The highest BCUT2D eigenvalue weighted by atomic mass is 35.5. The van der Waals surface area contributed by atoms with Crippen LogP contribution in [0.2, 0.25) is 10.0 Å². The number of oxazole rings is 1. The van der Waals surface area contributed by atoms with E-state index in [2.05, 4.69) is 14.9 Å². The third kappa shape index (κ3) is 3.78. The maximum absolute atomic E-state index is 12.9. The van der Waals surface area contributed by atoms with Crippen molar-refractivity contribution in [2.24, 2.45) is 0 Å². The molecule has 0 aliphatic heterocycles. The number of hydrogen-bond donors (Lipinski definition) is 2. The van der Waals surface area contributed by atoms with Crippen LogP contribution in [-0.4, -0.2) is 31.6 Å². The van der Waals surface area contributed by atoms with Crippen molar-refractivity contribution < 1.29 is 26.9 Å². The number of esters is 1. The summed E-state index contributed by atoms with van der Waals surface area (Å²) in [4.78, 5) is 25.9. The lowest BCUT2D eigenvalue weighted by Crippen LogP contribution is -2.15. The summed E-state index contributed by atoms with van der Waals surface area (Å²) in [5.41, 5.74) is 0.0789. The molecule has 0 aliphatic carbocycles. The zero-order chi connectivity index (χ0) is 22.3. The molecule has 2 aromatic heterocycles. The van der Waals surface area contributed by atoms with Gasteiger partial charge in [-0.2, -0.15) is 0 Å². The van der Waals surface area contributed by atoms with Gasteiger partial charge in [-0.1, -0.05) is 34.4 Å². The lowest BCUT2D eigenvalue weighted by molar-refractivity contribution is 0.0602. The second-order valence-corrected chi connectivity index (χ2v) is 8.60. The molecule has 2 aromatic carbocycles. The van der Waals surface area contributed by atoms with E-state index in [1.54, 1.807) is 6.07 Å². The average molecular weight is 484 g/mol. The molecule has 13 heteroatoms. The molecule has 0 saturated carbocycles. The maximum Gasteiger partial charge on any atom is 0.417 e. The third-order valence-electron chi connectivity index (χ3n) is 4.21. The first-order chi connectivity index (χ1) is 14.7. The van der Waals surface area contributed by atoms with E-state index in [0.29, 0.717) is 5.52 Å². The van der Waals surface area contributed by atoms with Crippen LogP contribution in [0.15, 0.2) is 55.0 Å². The molecule has 2 heterocycles. The van der Waals surface area contributed by atoms with E-state index in [1.807, 2.05) is 0 Å². The van der Waals surface area contributed by atoms with Gasteiger partial charge in [-0.15, -0.1) is 0 Å². The summed E-state index contributed by atoms with van der Waals surface area (Å²) in [6, 6.07) is 8.34. The number of aromatic amines is 1. The van der Waals surface area contributed by atoms with E-state index < -0.39 is 27.6 Å². The number of nitrogens with zero attached hydrogens (tertiary/aromatic N) is 1. The molecule has 0 unspecified atom stereocenters. The second kappa shape index (κ2) is 7.76. The minimum absolute atomic E-state index is 0.0298. The van der Waals surface area contributed by atoms with Crippen LogP contribution >= 0.6 is 23.2 Å². The van der Waals surface area contributed by atoms with Gasteiger partial charge in [-0.25, -0.2) is 22.7 Å². The smallest absolute Gasteiger partial charge is 0.417 e. The first-order valence-corrected chi connectivity index (χ1v) is 10.6. The Balaban J connectivity index is 1.81. The number of methoxy groups -OCH3 is 1. The molecule has 0 radical (unpaired) electrons. The first-order valence-electron chi connectivity index (χ1n) is 8.39. The number of ether oxygens (including phenoxy) is 1. The van der Waals surface area contributed by atoms with Crippen molar-refractivity contribution in [3.8, 4) is 11.3 Å². The molecule has 4 rings (SSSR count). The normalized spacial score (nSPS) is 11.6. The molecule has 2 N–H and O–H groups in total. The number of fused-ring (bicyclic) bond motifs is 1. The number of H-pyrrole nitrogens is 1. The third-order valence-corrected chi connectivity index (χ3v) is 6.17. The van der Waals surface area contributed by atoms with Crippen molar-refractivity contribution >= 4 is 56.2 Å². The van der Waals surface area contributed by atoms with E-state index in [4.69, 9.17) is 36.9 Å². The van der Waals surface area contributed by atoms with Crippen LogP contribution in [0.3, 0.4) is 0 Å². The molecule has 0 bridgehead atoms. The van der Waals surface area contributed by atoms with Gasteiger partial charge in [0.25, 0.3) is 15.9 Å². The molecule has 31 heavy (non-hydrogen) atoms. The van der Waals surface area contributed by atoms with Gasteiger partial charge in [0, 0.05) is 11.6 Å². The van der Waals surface area contributed by atoms with E-state index in [9.17, 15) is 18.0 Å². The minimum Gasteiger partial charge on any atom is -0.465 e. The number of carbonyl (C=O) groups is 1. The molecular formula is C18H11Cl2N3O7S. The van der Waals surface area contributed by atoms with Gasteiger partial charge in [0.2, 0.25) is 0 Å². The molecular weight excluding hydrogens is 473 g/mol.